The second kappa shape index (κ2) is 9.97. The Balaban J connectivity index is 2.49. The first-order valence-electron chi connectivity index (χ1n) is 8.84. The van der Waals surface area contributed by atoms with E-state index in [1.165, 1.54) is 25.1 Å². The highest BCUT2D eigenvalue weighted by Gasteiger charge is 2.48. The summed E-state index contributed by atoms with van der Waals surface area (Å²) in [5.74, 6) is -2.71. The summed E-state index contributed by atoms with van der Waals surface area (Å²) in [6, 6.07) is 4.84. The Bertz CT molecular complexity index is 1120. The zero-order chi connectivity index (χ0) is 24.3. The van der Waals surface area contributed by atoms with Gasteiger partial charge >= 0.3 is 11.5 Å². The highest BCUT2D eigenvalue weighted by Crippen LogP contribution is 2.34. The molecule has 2 N–H and O–H groups in total. The fraction of sp³-hybridized carbons (Fsp3) is 0.263. The number of nitrogens with one attached hydrogen (secondary N) is 1. The van der Waals surface area contributed by atoms with Crippen LogP contribution in [0.25, 0.3) is 0 Å². The fourth-order valence-corrected chi connectivity index (χ4v) is 4.28. The van der Waals surface area contributed by atoms with Gasteiger partial charge in [0.15, 0.2) is 0 Å². The van der Waals surface area contributed by atoms with Crippen LogP contribution in [0.3, 0.4) is 0 Å². The van der Waals surface area contributed by atoms with Crippen LogP contribution in [0.4, 0.5) is 13.2 Å². The molecule has 2 aromatic rings. The molecule has 0 bridgehead atoms. The average molecular weight is 514 g/mol. The number of phenolic OH excluding ortho intramolecular Hbond substituents is 1. The van der Waals surface area contributed by atoms with Crippen molar-refractivity contribution in [3.8, 4) is 5.75 Å². The van der Waals surface area contributed by atoms with Gasteiger partial charge in [-0.3, -0.25) is 4.79 Å². The van der Waals surface area contributed by atoms with Gasteiger partial charge in [0.2, 0.25) is 0 Å². The van der Waals surface area contributed by atoms with Crippen molar-refractivity contribution in [3.05, 3.63) is 57.6 Å². The number of aromatic hydroxyl groups is 1. The van der Waals surface area contributed by atoms with Crippen LogP contribution >= 0.6 is 23.2 Å². The Labute approximate surface area is 191 Å². The second-order valence-corrected chi connectivity index (χ2v) is 9.04. The molecule has 0 aliphatic heterocycles. The predicted molar refractivity (Wildman–Crippen MR) is 109 cm³/mol. The van der Waals surface area contributed by atoms with Crippen molar-refractivity contribution in [3.63, 3.8) is 0 Å². The van der Waals surface area contributed by atoms with Crippen molar-refractivity contribution >= 4 is 44.9 Å². The molecule has 0 spiro atoms. The number of amides is 1. The van der Waals surface area contributed by atoms with Crippen molar-refractivity contribution in [1.82, 2.24) is 5.32 Å². The summed E-state index contributed by atoms with van der Waals surface area (Å²) in [5.41, 5.74) is -6.34. The molecule has 0 fully saturated rings. The maximum Gasteiger partial charge on any atom is 0.501 e. The number of phenols is 1. The van der Waals surface area contributed by atoms with Crippen LogP contribution < -0.4 is 5.32 Å². The zero-order valence-electron chi connectivity index (χ0n) is 16.2. The smallest absolute Gasteiger partial charge is 0.501 e. The van der Waals surface area contributed by atoms with Crippen LogP contribution in [-0.2, 0) is 25.8 Å². The van der Waals surface area contributed by atoms with Gasteiger partial charge in [-0.25, -0.2) is 13.2 Å². The lowest BCUT2D eigenvalue weighted by Crippen LogP contribution is -2.44. The molecule has 0 heterocycles. The van der Waals surface area contributed by atoms with E-state index in [-0.39, 0.29) is 22.2 Å². The monoisotopic (exact) mass is 513 g/mol. The number of halogens is 5. The Morgan fingerprint density at radius 2 is 1.75 bits per heavy atom. The molecular formula is C19H16Cl2F3NO6S. The van der Waals surface area contributed by atoms with Gasteiger partial charge in [0.05, 0.1) is 27.1 Å². The van der Waals surface area contributed by atoms with Crippen LogP contribution in [0.15, 0.2) is 41.3 Å². The third kappa shape index (κ3) is 5.64. The molecule has 2 aromatic carbocycles. The number of carbonyl (C=O) groups is 2. The molecule has 0 aliphatic carbocycles. The van der Waals surface area contributed by atoms with Crippen LogP contribution in [-0.4, -0.2) is 43.6 Å². The first-order valence-corrected chi connectivity index (χ1v) is 11.1. The van der Waals surface area contributed by atoms with Gasteiger partial charge in [-0.2, -0.15) is 13.2 Å². The number of rotatable bonds is 7. The van der Waals surface area contributed by atoms with Gasteiger partial charge in [-0.1, -0.05) is 35.3 Å². The molecule has 13 heteroatoms. The number of esters is 1. The Morgan fingerprint density at radius 3 is 2.28 bits per heavy atom. The van der Waals surface area contributed by atoms with E-state index in [0.717, 1.165) is 12.1 Å². The van der Waals surface area contributed by atoms with Gasteiger partial charge in [0.25, 0.3) is 15.7 Å². The molecule has 0 aliphatic rings. The Kier molecular flexibility index (Phi) is 8.02. The van der Waals surface area contributed by atoms with E-state index in [1.807, 2.05) is 0 Å². The minimum absolute atomic E-state index is 0.0532. The molecule has 0 saturated heterocycles. The summed E-state index contributed by atoms with van der Waals surface area (Å²) in [6.45, 7) is 1.34. The molecule has 0 saturated carbocycles. The summed E-state index contributed by atoms with van der Waals surface area (Å²) in [6.07, 6.45) is -0.697. The lowest BCUT2D eigenvalue weighted by Gasteiger charge is -2.20. The molecule has 1 atom stereocenters. The quantitative estimate of drug-likeness (QED) is 0.543. The second-order valence-electron chi connectivity index (χ2n) is 6.32. The molecule has 7 nitrogen and oxygen atoms in total. The van der Waals surface area contributed by atoms with Crippen LogP contribution in [0.1, 0.15) is 22.8 Å². The number of benzene rings is 2. The Hall–Kier alpha value is -2.50. The van der Waals surface area contributed by atoms with Crippen molar-refractivity contribution in [2.45, 2.75) is 29.8 Å². The van der Waals surface area contributed by atoms with Crippen LogP contribution in [0, 0.1) is 0 Å². The maximum atomic E-state index is 13.1. The van der Waals surface area contributed by atoms with E-state index in [0.29, 0.717) is 6.07 Å². The van der Waals surface area contributed by atoms with E-state index >= 15 is 0 Å². The van der Waals surface area contributed by atoms with Crippen molar-refractivity contribution in [2.75, 3.05) is 6.61 Å². The van der Waals surface area contributed by atoms with Crippen molar-refractivity contribution in [2.24, 2.45) is 0 Å². The number of hydrogen-bond acceptors (Lipinski definition) is 6. The van der Waals surface area contributed by atoms with Crippen molar-refractivity contribution < 1.29 is 41.0 Å². The van der Waals surface area contributed by atoms with Gasteiger partial charge in [-0.15, -0.1) is 0 Å². The first kappa shape index (κ1) is 25.8. The highest BCUT2D eigenvalue weighted by molar-refractivity contribution is 7.92. The first-order chi connectivity index (χ1) is 14.8. The third-order valence-corrected chi connectivity index (χ3v) is 6.33. The lowest BCUT2D eigenvalue weighted by atomic mass is 10.0. The largest absolute Gasteiger partial charge is 0.508 e. The zero-order valence-corrected chi connectivity index (χ0v) is 18.6. The van der Waals surface area contributed by atoms with E-state index in [4.69, 9.17) is 27.9 Å². The van der Waals surface area contributed by atoms with Gasteiger partial charge in [0.1, 0.15) is 11.8 Å². The summed E-state index contributed by atoms with van der Waals surface area (Å²) in [7, 11) is -5.87. The maximum absolute atomic E-state index is 13.1. The summed E-state index contributed by atoms with van der Waals surface area (Å²) >= 11 is 11.9. The van der Waals surface area contributed by atoms with Gasteiger partial charge in [-0.05, 0) is 36.8 Å². The number of alkyl halides is 3. The number of carbonyl (C=O) groups excluding carboxylic acids is 2. The van der Waals surface area contributed by atoms with Crippen LogP contribution in [0.2, 0.25) is 10.0 Å². The number of hydrogen-bond donors (Lipinski definition) is 2. The SMILES string of the molecule is CCOC(=O)[C@H](Cc1ccc(O)cc1S(=O)(=O)C(F)(F)F)NC(=O)c1c(Cl)cccc1Cl. The highest BCUT2D eigenvalue weighted by atomic mass is 35.5. The lowest BCUT2D eigenvalue weighted by molar-refractivity contribution is -0.145. The molecule has 0 radical (unpaired) electrons. The number of sulfone groups is 1. The predicted octanol–water partition coefficient (Wildman–Crippen LogP) is 3.90. The molecule has 2 rings (SSSR count). The molecule has 1 amide bonds. The van der Waals surface area contributed by atoms with Crippen molar-refractivity contribution in [1.29, 1.82) is 0 Å². The fourth-order valence-electron chi connectivity index (χ4n) is 2.69. The van der Waals surface area contributed by atoms with E-state index in [2.05, 4.69) is 5.32 Å². The molecule has 0 aromatic heterocycles. The molecule has 0 unspecified atom stereocenters. The van der Waals surface area contributed by atoms with E-state index in [1.54, 1.807) is 0 Å². The summed E-state index contributed by atoms with van der Waals surface area (Å²) in [5, 5.41) is 11.7. The third-order valence-electron chi connectivity index (χ3n) is 4.14. The van der Waals surface area contributed by atoms with E-state index < -0.39 is 55.9 Å². The Morgan fingerprint density at radius 1 is 1.16 bits per heavy atom. The summed E-state index contributed by atoms with van der Waals surface area (Å²) in [4.78, 5) is 23.8. The number of ether oxygens (including phenoxy) is 1. The standard InChI is InChI=1S/C19H16Cl2F3NO6S/c1-2-31-18(28)14(25-17(27)16-12(20)4-3-5-13(16)21)8-10-6-7-11(26)9-15(10)32(29,30)19(22,23)24/h3-7,9,14,26H,2,8H2,1H3,(H,25,27)/t14-/m0/s1. The molecule has 32 heavy (non-hydrogen) atoms. The molecule has 174 valence electrons. The van der Waals surface area contributed by atoms with Gasteiger partial charge in [0, 0.05) is 6.42 Å². The normalized spacial score (nSPS) is 12.8. The van der Waals surface area contributed by atoms with Gasteiger partial charge < -0.3 is 15.2 Å². The molecular weight excluding hydrogens is 498 g/mol. The average Bonchev–Trinajstić information content (AvgIpc) is 2.67. The minimum atomic E-state index is -5.87. The topological polar surface area (TPSA) is 110 Å². The van der Waals surface area contributed by atoms with E-state index in [9.17, 15) is 36.3 Å². The minimum Gasteiger partial charge on any atom is -0.508 e. The summed E-state index contributed by atoms with van der Waals surface area (Å²) < 4.78 is 68.1. The van der Waals surface area contributed by atoms with Crippen LogP contribution in [0.5, 0.6) is 5.75 Å².